The molecule has 0 saturated carbocycles. The average molecular weight is 240 g/mol. The second kappa shape index (κ2) is 4.50. The first-order chi connectivity index (χ1) is 7.97. The van der Waals surface area contributed by atoms with Gasteiger partial charge in [-0.15, -0.1) is 0 Å². The van der Waals surface area contributed by atoms with Crippen LogP contribution in [0.25, 0.3) is 0 Å². The van der Waals surface area contributed by atoms with Crippen LogP contribution in [-0.4, -0.2) is 47.4 Å². The Hall–Kier alpha value is -1.33. The lowest BCUT2D eigenvalue weighted by atomic mass is 10.2. The number of nitrogens with zero attached hydrogens (tertiary/aromatic N) is 4. The van der Waals surface area contributed by atoms with Gasteiger partial charge in [-0.3, -0.25) is 9.91 Å². The van der Waals surface area contributed by atoms with Crippen molar-refractivity contribution in [2.24, 2.45) is 10.3 Å². The van der Waals surface area contributed by atoms with Gasteiger partial charge >= 0.3 is 6.09 Å². The van der Waals surface area contributed by atoms with Crippen LogP contribution in [0, 0.1) is 0 Å². The summed E-state index contributed by atoms with van der Waals surface area (Å²) in [5, 5.41) is 9.89. The Morgan fingerprint density at radius 3 is 2.71 bits per heavy atom. The van der Waals surface area contributed by atoms with Crippen LogP contribution in [0.3, 0.4) is 0 Å². The highest BCUT2D eigenvalue weighted by Crippen LogP contribution is 2.24. The predicted octanol–water partition coefficient (Wildman–Crippen LogP) is 2.03. The number of likely N-dealkylation sites (tertiary alicyclic amines) is 1. The first kappa shape index (κ1) is 12.1. The van der Waals surface area contributed by atoms with Crippen molar-refractivity contribution in [1.29, 1.82) is 0 Å². The van der Waals surface area contributed by atoms with Crippen LogP contribution in [0.4, 0.5) is 4.79 Å². The summed E-state index contributed by atoms with van der Waals surface area (Å²) in [6.45, 7) is 7.90. The van der Waals surface area contributed by atoms with Crippen molar-refractivity contribution in [2.75, 3.05) is 19.6 Å². The highest BCUT2D eigenvalue weighted by molar-refractivity contribution is 5.68. The summed E-state index contributed by atoms with van der Waals surface area (Å²) in [5.74, 6) is 0. The van der Waals surface area contributed by atoms with Crippen molar-refractivity contribution in [3.05, 3.63) is 0 Å². The minimum Gasteiger partial charge on any atom is -0.444 e. The lowest BCUT2D eigenvalue weighted by Crippen LogP contribution is -2.46. The summed E-state index contributed by atoms with van der Waals surface area (Å²) in [6, 6.07) is 0. The third-order valence-electron chi connectivity index (χ3n) is 2.80. The van der Waals surface area contributed by atoms with Gasteiger partial charge in [0, 0.05) is 6.54 Å². The molecule has 0 spiro atoms. The minimum atomic E-state index is -0.448. The highest BCUT2D eigenvalue weighted by Gasteiger charge is 2.36. The molecular formula is C11H20N4O2. The van der Waals surface area contributed by atoms with Crippen LogP contribution in [0.2, 0.25) is 0 Å². The first-order valence-electron chi connectivity index (χ1n) is 6.11. The largest absolute Gasteiger partial charge is 0.444 e. The van der Waals surface area contributed by atoms with Crippen molar-refractivity contribution in [1.82, 2.24) is 9.91 Å². The fraction of sp³-hybridized carbons (Fsp3) is 0.909. The van der Waals surface area contributed by atoms with E-state index in [4.69, 9.17) is 4.74 Å². The molecule has 2 heterocycles. The maximum absolute atomic E-state index is 12.0. The van der Waals surface area contributed by atoms with E-state index in [0.29, 0.717) is 0 Å². The van der Waals surface area contributed by atoms with Gasteiger partial charge in [0.05, 0.1) is 13.1 Å². The van der Waals surface area contributed by atoms with Crippen molar-refractivity contribution >= 4 is 6.09 Å². The zero-order chi connectivity index (χ0) is 12.5. The maximum atomic E-state index is 12.0. The summed E-state index contributed by atoms with van der Waals surface area (Å²) >= 11 is 0. The Balaban J connectivity index is 1.99. The molecule has 0 aliphatic carbocycles. The molecule has 17 heavy (non-hydrogen) atoms. The molecule has 0 aromatic carbocycles. The molecular weight excluding hydrogens is 220 g/mol. The van der Waals surface area contributed by atoms with Crippen LogP contribution in [0.1, 0.15) is 33.6 Å². The van der Waals surface area contributed by atoms with Gasteiger partial charge in [0.25, 0.3) is 0 Å². The monoisotopic (exact) mass is 240 g/mol. The first-order valence-corrected chi connectivity index (χ1v) is 6.11. The summed E-state index contributed by atoms with van der Waals surface area (Å²) in [5.41, 5.74) is -0.448. The molecule has 2 rings (SSSR count). The number of carbonyl (C=O) groups is 1. The van der Waals surface area contributed by atoms with Gasteiger partial charge in [-0.25, -0.2) is 4.79 Å². The van der Waals surface area contributed by atoms with Gasteiger partial charge < -0.3 is 4.74 Å². The van der Waals surface area contributed by atoms with Gasteiger partial charge in [0.2, 0.25) is 0 Å². The lowest BCUT2D eigenvalue weighted by Gasteiger charge is -2.31. The van der Waals surface area contributed by atoms with E-state index in [1.54, 1.807) is 4.90 Å². The number of hydrogen-bond donors (Lipinski definition) is 0. The van der Waals surface area contributed by atoms with Crippen molar-refractivity contribution in [3.63, 3.8) is 0 Å². The second-order valence-electron chi connectivity index (χ2n) is 5.41. The Bertz CT molecular complexity index is 324. The molecule has 0 N–H and O–H groups in total. The van der Waals surface area contributed by atoms with E-state index in [1.165, 1.54) is 0 Å². The standard InChI is InChI=1S/C11H20N4O2/c1-11(2,3)17-10(16)14-7-4-5-9(14)15-8-6-12-13-15/h9H,4-8H2,1-3H3. The molecule has 0 radical (unpaired) electrons. The molecule has 0 aromatic rings. The van der Waals surface area contributed by atoms with E-state index in [9.17, 15) is 4.79 Å². The average Bonchev–Trinajstić information content (AvgIpc) is 2.85. The Morgan fingerprint density at radius 2 is 2.12 bits per heavy atom. The van der Waals surface area contributed by atoms with E-state index in [2.05, 4.69) is 10.3 Å². The van der Waals surface area contributed by atoms with Crippen molar-refractivity contribution in [2.45, 2.75) is 45.4 Å². The lowest BCUT2D eigenvalue weighted by molar-refractivity contribution is 0.00300. The highest BCUT2D eigenvalue weighted by atomic mass is 16.6. The molecule has 96 valence electrons. The van der Waals surface area contributed by atoms with E-state index in [1.807, 2.05) is 25.8 Å². The molecule has 1 atom stereocenters. The number of carbonyl (C=O) groups excluding carboxylic acids is 1. The zero-order valence-electron chi connectivity index (χ0n) is 10.7. The van der Waals surface area contributed by atoms with Crippen LogP contribution >= 0.6 is 0 Å². The van der Waals surface area contributed by atoms with Gasteiger partial charge in [-0.05, 0) is 33.6 Å². The quantitative estimate of drug-likeness (QED) is 0.704. The third kappa shape index (κ3) is 2.87. The van der Waals surface area contributed by atoms with Gasteiger partial charge in [-0.2, -0.15) is 5.11 Å². The number of hydrogen-bond acceptors (Lipinski definition) is 5. The van der Waals surface area contributed by atoms with Gasteiger partial charge in [0.15, 0.2) is 0 Å². The molecule has 0 bridgehead atoms. The molecule has 6 heteroatoms. The Labute approximate surface area is 102 Å². The van der Waals surface area contributed by atoms with Gasteiger partial charge in [0.1, 0.15) is 11.8 Å². The fourth-order valence-electron chi connectivity index (χ4n) is 2.12. The molecule has 2 aliphatic heterocycles. The molecule has 1 amide bonds. The number of ether oxygens (including phenoxy) is 1. The molecule has 6 nitrogen and oxygen atoms in total. The molecule has 1 fully saturated rings. The summed E-state index contributed by atoms with van der Waals surface area (Å²) in [4.78, 5) is 13.8. The SMILES string of the molecule is CC(C)(C)OC(=O)N1CCCC1N1CCN=N1. The fourth-order valence-corrected chi connectivity index (χ4v) is 2.12. The van der Waals surface area contributed by atoms with Crippen LogP contribution < -0.4 is 0 Å². The van der Waals surface area contributed by atoms with Crippen LogP contribution in [-0.2, 0) is 4.74 Å². The van der Waals surface area contributed by atoms with Crippen molar-refractivity contribution in [3.8, 4) is 0 Å². The Morgan fingerprint density at radius 1 is 1.35 bits per heavy atom. The molecule has 2 aliphatic rings. The minimum absolute atomic E-state index is 0.0242. The van der Waals surface area contributed by atoms with Crippen LogP contribution in [0.15, 0.2) is 10.3 Å². The van der Waals surface area contributed by atoms with Crippen molar-refractivity contribution < 1.29 is 9.53 Å². The Kier molecular flexibility index (Phi) is 3.22. The van der Waals surface area contributed by atoms with E-state index in [0.717, 1.165) is 32.5 Å². The van der Waals surface area contributed by atoms with E-state index >= 15 is 0 Å². The topological polar surface area (TPSA) is 57.5 Å². The van der Waals surface area contributed by atoms with E-state index < -0.39 is 5.60 Å². The molecule has 1 saturated heterocycles. The number of rotatable bonds is 1. The van der Waals surface area contributed by atoms with Crippen LogP contribution in [0.5, 0.6) is 0 Å². The van der Waals surface area contributed by atoms with Gasteiger partial charge in [-0.1, -0.05) is 5.22 Å². The smallest absolute Gasteiger partial charge is 0.411 e. The second-order valence-corrected chi connectivity index (χ2v) is 5.41. The summed E-state index contributed by atoms with van der Waals surface area (Å²) < 4.78 is 5.40. The summed E-state index contributed by atoms with van der Waals surface area (Å²) in [6.07, 6.45) is 1.71. The normalized spacial score (nSPS) is 24.5. The maximum Gasteiger partial charge on any atom is 0.411 e. The number of amides is 1. The zero-order valence-corrected chi connectivity index (χ0v) is 10.7. The van der Waals surface area contributed by atoms with E-state index in [-0.39, 0.29) is 12.3 Å². The molecule has 1 unspecified atom stereocenters. The molecule has 0 aromatic heterocycles. The predicted molar refractivity (Wildman–Crippen MR) is 62.4 cm³/mol. The third-order valence-corrected chi connectivity index (χ3v) is 2.80. The summed E-state index contributed by atoms with van der Waals surface area (Å²) in [7, 11) is 0.